The third-order valence-corrected chi connectivity index (χ3v) is 5.71. The van der Waals surface area contributed by atoms with E-state index in [0.717, 1.165) is 16.9 Å². The molecule has 0 fully saturated rings. The topological polar surface area (TPSA) is 77.4 Å². The van der Waals surface area contributed by atoms with Gasteiger partial charge in [0, 0.05) is 26.0 Å². The Balaban J connectivity index is 2.27. The molecule has 1 N–H and O–H groups in total. The van der Waals surface area contributed by atoms with Crippen LogP contribution in [-0.2, 0) is 28.4 Å². The summed E-state index contributed by atoms with van der Waals surface area (Å²) < 4.78 is 33.8. The van der Waals surface area contributed by atoms with Crippen LogP contribution in [0, 0.1) is 6.92 Å². The van der Waals surface area contributed by atoms with Crippen molar-refractivity contribution in [3.63, 3.8) is 0 Å². The summed E-state index contributed by atoms with van der Waals surface area (Å²) in [5.41, 5.74) is 1.37. The van der Waals surface area contributed by atoms with E-state index in [1.807, 2.05) is 30.1 Å². The minimum absolute atomic E-state index is 0.00437. The smallest absolute Gasteiger partial charge is 0.349 e. The van der Waals surface area contributed by atoms with Crippen LogP contribution >= 0.6 is 11.3 Å². The predicted molar refractivity (Wildman–Crippen MR) is 79.8 cm³/mol. The van der Waals surface area contributed by atoms with Gasteiger partial charge in [0.05, 0.1) is 7.11 Å². The maximum absolute atomic E-state index is 12.4. The number of carbonyl (C=O) groups is 1. The molecule has 0 atom stereocenters. The Morgan fingerprint density at radius 3 is 2.76 bits per heavy atom. The highest BCUT2D eigenvalue weighted by Gasteiger charge is 2.27. The third kappa shape index (κ3) is 3.34. The molecule has 0 bridgehead atoms. The fourth-order valence-electron chi connectivity index (χ4n) is 1.92. The van der Waals surface area contributed by atoms with Crippen LogP contribution in [0.1, 0.15) is 20.8 Å². The molecular formula is C13H16N2O4S2. The van der Waals surface area contributed by atoms with Gasteiger partial charge in [0.1, 0.15) is 9.77 Å². The molecule has 0 radical (unpaired) electrons. The zero-order valence-corrected chi connectivity index (χ0v) is 13.5. The van der Waals surface area contributed by atoms with Crippen molar-refractivity contribution in [2.75, 3.05) is 7.11 Å². The number of aromatic nitrogens is 1. The van der Waals surface area contributed by atoms with Gasteiger partial charge in [0.15, 0.2) is 0 Å². The number of sulfonamides is 1. The van der Waals surface area contributed by atoms with Gasteiger partial charge in [0.25, 0.3) is 0 Å². The van der Waals surface area contributed by atoms with E-state index in [-0.39, 0.29) is 16.3 Å². The molecule has 0 saturated heterocycles. The number of aryl methyl sites for hydroxylation is 2. The summed E-state index contributed by atoms with van der Waals surface area (Å²) in [7, 11) is -0.687. The second-order valence-corrected chi connectivity index (χ2v) is 7.16. The van der Waals surface area contributed by atoms with E-state index in [0.29, 0.717) is 5.56 Å². The first kappa shape index (κ1) is 15.7. The summed E-state index contributed by atoms with van der Waals surface area (Å²) >= 11 is 1.06. The van der Waals surface area contributed by atoms with Crippen molar-refractivity contribution in [1.82, 2.24) is 9.29 Å². The Morgan fingerprint density at radius 1 is 1.48 bits per heavy atom. The molecular weight excluding hydrogens is 312 g/mol. The lowest BCUT2D eigenvalue weighted by Gasteiger charge is -2.07. The fourth-order valence-corrected chi connectivity index (χ4v) is 4.64. The molecule has 6 nitrogen and oxygen atoms in total. The zero-order valence-electron chi connectivity index (χ0n) is 11.9. The van der Waals surface area contributed by atoms with Gasteiger partial charge in [-0.05, 0) is 29.5 Å². The molecule has 2 heterocycles. The van der Waals surface area contributed by atoms with E-state index in [2.05, 4.69) is 9.46 Å². The lowest BCUT2D eigenvalue weighted by molar-refractivity contribution is 0.0602. The Bertz CT molecular complexity index is 759. The number of rotatable bonds is 5. The number of esters is 1. The summed E-state index contributed by atoms with van der Waals surface area (Å²) in [4.78, 5) is 11.8. The van der Waals surface area contributed by atoms with Crippen molar-refractivity contribution in [1.29, 1.82) is 0 Å². The summed E-state index contributed by atoms with van der Waals surface area (Å²) in [6.45, 7) is 1.82. The summed E-state index contributed by atoms with van der Waals surface area (Å²) in [6, 6.07) is 1.82. The minimum Gasteiger partial charge on any atom is -0.465 e. The van der Waals surface area contributed by atoms with Gasteiger partial charge in [-0.25, -0.2) is 17.9 Å². The average Bonchev–Trinajstić information content (AvgIpc) is 3.02. The fraction of sp³-hybridized carbons (Fsp3) is 0.308. The Kier molecular flexibility index (Phi) is 4.50. The van der Waals surface area contributed by atoms with Gasteiger partial charge in [-0.2, -0.15) is 0 Å². The molecule has 0 aliphatic heterocycles. The molecule has 0 aliphatic carbocycles. The lowest BCUT2D eigenvalue weighted by Crippen LogP contribution is -2.25. The van der Waals surface area contributed by atoms with Gasteiger partial charge in [-0.1, -0.05) is 0 Å². The molecule has 21 heavy (non-hydrogen) atoms. The summed E-state index contributed by atoms with van der Waals surface area (Å²) in [6.07, 6.45) is 3.66. The largest absolute Gasteiger partial charge is 0.465 e. The van der Waals surface area contributed by atoms with E-state index in [4.69, 9.17) is 0 Å². The van der Waals surface area contributed by atoms with Crippen LogP contribution < -0.4 is 4.72 Å². The van der Waals surface area contributed by atoms with Crippen LogP contribution in [0.5, 0.6) is 0 Å². The van der Waals surface area contributed by atoms with E-state index >= 15 is 0 Å². The van der Waals surface area contributed by atoms with Crippen LogP contribution in [0.25, 0.3) is 0 Å². The molecule has 2 aromatic rings. The standard InChI is InChI=1S/C13H16N2O4S2/c1-9-8-20-11(13(16)19-3)12(9)21(17,18)14-6-10-4-5-15(2)7-10/h4-5,7-8,14H,6H2,1-3H3. The molecule has 0 saturated carbocycles. The van der Waals surface area contributed by atoms with Crippen LogP contribution in [0.15, 0.2) is 28.7 Å². The van der Waals surface area contributed by atoms with Crippen molar-refractivity contribution < 1.29 is 17.9 Å². The van der Waals surface area contributed by atoms with E-state index in [1.54, 1.807) is 12.3 Å². The van der Waals surface area contributed by atoms with Gasteiger partial charge in [0.2, 0.25) is 10.0 Å². The van der Waals surface area contributed by atoms with E-state index in [1.165, 1.54) is 7.11 Å². The number of ether oxygens (including phenoxy) is 1. The summed E-state index contributed by atoms with van der Waals surface area (Å²) in [5, 5.41) is 1.63. The first-order valence-electron chi connectivity index (χ1n) is 6.12. The zero-order chi connectivity index (χ0) is 15.6. The predicted octanol–water partition coefficient (Wildman–Crippen LogP) is 1.66. The number of methoxy groups -OCH3 is 1. The number of nitrogens with one attached hydrogen (secondary N) is 1. The summed E-state index contributed by atoms with van der Waals surface area (Å²) in [5.74, 6) is -0.645. The monoisotopic (exact) mass is 328 g/mol. The van der Waals surface area contributed by atoms with Crippen LogP contribution in [0.4, 0.5) is 0 Å². The average molecular weight is 328 g/mol. The van der Waals surface area contributed by atoms with E-state index in [9.17, 15) is 13.2 Å². The highest BCUT2D eigenvalue weighted by Crippen LogP contribution is 2.27. The maximum atomic E-state index is 12.4. The third-order valence-electron chi connectivity index (χ3n) is 2.92. The van der Waals surface area contributed by atoms with Crippen molar-refractivity contribution in [3.05, 3.63) is 39.8 Å². The first-order chi connectivity index (χ1) is 9.85. The SMILES string of the molecule is COC(=O)c1scc(C)c1S(=O)(=O)NCc1ccn(C)c1. The van der Waals surface area contributed by atoms with Crippen LogP contribution in [-0.4, -0.2) is 26.1 Å². The van der Waals surface area contributed by atoms with Crippen LogP contribution in [0.3, 0.4) is 0 Å². The normalized spacial score (nSPS) is 11.6. The Hall–Kier alpha value is -1.64. The molecule has 8 heteroatoms. The molecule has 114 valence electrons. The number of thiophene rings is 1. The highest BCUT2D eigenvalue weighted by atomic mass is 32.2. The van der Waals surface area contributed by atoms with Crippen molar-refractivity contribution in [2.45, 2.75) is 18.4 Å². The number of nitrogens with zero attached hydrogens (tertiary/aromatic N) is 1. The van der Waals surface area contributed by atoms with Gasteiger partial charge >= 0.3 is 5.97 Å². The maximum Gasteiger partial charge on any atom is 0.349 e. The first-order valence-corrected chi connectivity index (χ1v) is 8.48. The molecule has 0 spiro atoms. The molecule has 0 aliphatic rings. The molecule has 0 aromatic carbocycles. The molecule has 2 rings (SSSR count). The van der Waals surface area contributed by atoms with Crippen molar-refractivity contribution in [2.24, 2.45) is 7.05 Å². The van der Waals surface area contributed by atoms with Crippen LogP contribution in [0.2, 0.25) is 0 Å². The molecule has 2 aromatic heterocycles. The molecule has 0 amide bonds. The number of hydrogen-bond acceptors (Lipinski definition) is 5. The number of hydrogen-bond donors (Lipinski definition) is 1. The van der Waals surface area contributed by atoms with Gasteiger partial charge in [-0.3, -0.25) is 0 Å². The van der Waals surface area contributed by atoms with Gasteiger partial charge in [-0.15, -0.1) is 11.3 Å². The second-order valence-electron chi connectivity index (χ2n) is 4.58. The van der Waals surface area contributed by atoms with Gasteiger partial charge < -0.3 is 9.30 Å². The quantitative estimate of drug-likeness (QED) is 0.847. The minimum atomic E-state index is -3.77. The Morgan fingerprint density at radius 2 is 2.19 bits per heavy atom. The Labute approximate surface area is 127 Å². The highest BCUT2D eigenvalue weighted by molar-refractivity contribution is 7.89. The number of carbonyl (C=O) groups excluding carboxylic acids is 1. The van der Waals surface area contributed by atoms with Crippen molar-refractivity contribution in [3.8, 4) is 0 Å². The second kappa shape index (κ2) is 6.00. The van der Waals surface area contributed by atoms with E-state index < -0.39 is 16.0 Å². The lowest BCUT2D eigenvalue weighted by atomic mass is 10.3. The van der Waals surface area contributed by atoms with Crippen molar-refractivity contribution >= 4 is 27.3 Å². The molecule has 0 unspecified atom stereocenters.